The van der Waals surface area contributed by atoms with Crippen LogP contribution in [-0.2, 0) is 0 Å². The van der Waals surface area contributed by atoms with Crippen molar-refractivity contribution in [2.75, 3.05) is 24.6 Å². The summed E-state index contributed by atoms with van der Waals surface area (Å²) in [6.45, 7) is 2.18. The van der Waals surface area contributed by atoms with E-state index in [9.17, 15) is 0 Å². The first-order chi connectivity index (χ1) is 7.86. The Morgan fingerprint density at radius 3 is 3.25 bits per heavy atom. The predicted octanol–water partition coefficient (Wildman–Crippen LogP) is 1.51. The van der Waals surface area contributed by atoms with Gasteiger partial charge in [0.1, 0.15) is 10.3 Å². The van der Waals surface area contributed by atoms with Gasteiger partial charge >= 0.3 is 0 Å². The minimum Gasteiger partial charge on any atom is -0.396 e. The Labute approximate surface area is 97.6 Å². The Morgan fingerprint density at radius 2 is 2.50 bits per heavy atom. The van der Waals surface area contributed by atoms with Crippen LogP contribution in [0.3, 0.4) is 0 Å². The second kappa shape index (κ2) is 3.99. The maximum atomic E-state index is 9.11. The SMILES string of the molecule is OC[C@@H]1CCN(c2nc3cccnc3s2)C1. The first-order valence-corrected chi connectivity index (χ1v) is 6.26. The van der Waals surface area contributed by atoms with Crippen molar-refractivity contribution in [2.24, 2.45) is 5.92 Å². The van der Waals surface area contributed by atoms with Crippen molar-refractivity contribution in [3.05, 3.63) is 18.3 Å². The molecule has 5 heteroatoms. The van der Waals surface area contributed by atoms with Crippen molar-refractivity contribution >= 4 is 26.8 Å². The van der Waals surface area contributed by atoms with E-state index >= 15 is 0 Å². The van der Waals surface area contributed by atoms with Gasteiger partial charge < -0.3 is 10.0 Å². The third-order valence-electron chi connectivity index (χ3n) is 2.97. The molecular weight excluding hydrogens is 222 g/mol. The number of pyridine rings is 1. The fraction of sp³-hybridized carbons (Fsp3) is 0.455. The fourth-order valence-corrected chi connectivity index (χ4v) is 2.99. The van der Waals surface area contributed by atoms with E-state index in [1.165, 1.54) is 0 Å². The molecule has 0 aromatic carbocycles. The Kier molecular flexibility index (Phi) is 2.49. The molecule has 1 aliphatic rings. The number of thiazole rings is 1. The summed E-state index contributed by atoms with van der Waals surface area (Å²) in [5, 5.41) is 10.1. The van der Waals surface area contributed by atoms with Crippen molar-refractivity contribution in [3.8, 4) is 0 Å². The molecule has 0 radical (unpaired) electrons. The van der Waals surface area contributed by atoms with E-state index in [0.29, 0.717) is 5.92 Å². The summed E-state index contributed by atoms with van der Waals surface area (Å²) in [6, 6.07) is 3.90. The van der Waals surface area contributed by atoms with Crippen LogP contribution in [0.25, 0.3) is 10.3 Å². The lowest BCUT2D eigenvalue weighted by Crippen LogP contribution is -2.20. The maximum Gasteiger partial charge on any atom is 0.187 e. The van der Waals surface area contributed by atoms with Crippen LogP contribution in [-0.4, -0.2) is 34.8 Å². The van der Waals surface area contributed by atoms with Crippen LogP contribution in [0.5, 0.6) is 0 Å². The van der Waals surface area contributed by atoms with Crippen LogP contribution in [0.4, 0.5) is 5.13 Å². The quantitative estimate of drug-likeness (QED) is 0.857. The van der Waals surface area contributed by atoms with Gasteiger partial charge in [0.15, 0.2) is 5.13 Å². The molecule has 3 rings (SSSR count). The zero-order chi connectivity index (χ0) is 11.0. The van der Waals surface area contributed by atoms with Gasteiger partial charge in [-0.05, 0) is 18.6 Å². The van der Waals surface area contributed by atoms with Gasteiger partial charge in [-0.15, -0.1) is 0 Å². The summed E-state index contributed by atoms with van der Waals surface area (Å²) in [7, 11) is 0. The smallest absolute Gasteiger partial charge is 0.187 e. The predicted molar refractivity (Wildman–Crippen MR) is 64.8 cm³/mol. The second-order valence-electron chi connectivity index (χ2n) is 4.11. The van der Waals surface area contributed by atoms with E-state index in [0.717, 1.165) is 35.0 Å². The molecule has 16 heavy (non-hydrogen) atoms. The average molecular weight is 235 g/mol. The Morgan fingerprint density at radius 1 is 1.56 bits per heavy atom. The molecule has 0 spiro atoms. The highest BCUT2D eigenvalue weighted by atomic mass is 32.1. The minimum atomic E-state index is 0.277. The largest absolute Gasteiger partial charge is 0.396 e. The van der Waals surface area contributed by atoms with Crippen molar-refractivity contribution in [3.63, 3.8) is 0 Å². The molecule has 0 saturated carbocycles. The van der Waals surface area contributed by atoms with E-state index in [2.05, 4.69) is 14.9 Å². The molecule has 2 aromatic heterocycles. The number of hydrogen-bond acceptors (Lipinski definition) is 5. The van der Waals surface area contributed by atoms with Crippen molar-refractivity contribution in [1.29, 1.82) is 0 Å². The van der Waals surface area contributed by atoms with Crippen LogP contribution < -0.4 is 4.90 Å². The summed E-state index contributed by atoms with van der Waals surface area (Å²) in [5.41, 5.74) is 0.968. The van der Waals surface area contributed by atoms with Crippen LogP contribution in [0.15, 0.2) is 18.3 Å². The average Bonchev–Trinajstić information content (AvgIpc) is 2.95. The molecule has 0 unspecified atom stereocenters. The molecular formula is C11H13N3OS. The fourth-order valence-electron chi connectivity index (χ4n) is 2.05. The van der Waals surface area contributed by atoms with Gasteiger partial charge in [0, 0.05) is 31.8 Å². The highest BCUT2D eigenvalue weighted by molar-refractivity contribution is 7.21. The summed E-state index contributed by atoms with van der Waals surface area (Å²) >= 11 is 1.63. The van der Waals surface area contributed by atoms with E-state index in [1.807, 2.05) is 12.1 Å². The molecule has 1 saturated heterocycles. The molecule has 0 amide bonds. The molecule has 1 fully saturated rings. The number of anilines is 1. The zero-order valence-corrected chi connectivity index (χ0v) is 9.65. The molecule has 84 valence electrons. The number of hydrogen-bond donors (Lipinski definition) is 1. The monoisotopic (exact) mass is 235 g/mol. The topological polar surface area (TPSA) is 49.2 Å². The lowest BCUT2D eigenvalue weighted by atomic mass is 10.1. The highest BCUT2D eigenvalue weighted by Gasteiger charge is 2.24. The maximum absolute atomic E-state index is 9.11. The summed E-state index contributed by atoms with van der Waals surface area (Å²) in [6.07, 6.45) is 2.85. The second-order valence-corrected chi connectivity index (χ2v) is 5.06. The van der Waals surface area contributed by atoms with Gasteiger partial charge in [-0.1, -0.05) is 11.3 Å². The first kappa shape index (κ1) is 9.99. The number of fused-ring (bicyclic) bond motifs is 1. The van der Waals surface area contributed by atoms with Crippen LogP contribution in [0.2, 0.25) is 0 Å². The van der Waals surface area contributed by atoms with E-state index in [-0.39, 0.29) is 6.61 Å². The zero-order valence-electron chi connectivity index (χ0n) is 8.83. The third kappa shape index (κ3) is 1.66. The van der Waals surface area contributed by atoms with E-state index in [1.54, 1.807) is 17.5 Å². The van der Waals surface area contributed by atoms with Crippen LogP contribution in [0.1, 0.15) is 6.42 Å². The molecule has 4 nitrogen and oxygen atoms in total. The third-order valence-corrected chi connectivity index (χ3v) is 4.01. The molecule has 0 aliphatic carbocycles. The van der Waals surface area contributed by atoms with Gasteiger partial charge in [0.25, 0.3) is 0 Å². The Bertz CT molecular complexity index is 466. The lowest BCUT2D eigenvalue weighted by Gasteiger charge is -2.13. The van der Waals surface area contributed by atoms with Crippen molar-refractivity contribution < 1.29 is 5.11 Å². The molecule has 2 aromatic rings. The molecule has 1 N–H and O–H groups in total. The first-order valence-electron chi connectivity index (χ1n) is 5.44. The number of nitrogens with zero attached hydrogens (tertiary/aromatic N) is 3. The van der Waals surface area contributed by atoms with E-state index in [4.69, 9.17) is 5.11 Å². The van der Waals surface area contributed by atoms with E-state index < -0.39 is 0 Å². The van der Waals surface area contributed by atoms with Crippen LogP contribution in [0, 0.1) is 5.92 Å². The Balaban J connectivity index is 1.89. The lowest BCUT2D eigenvalue weighted by molar-refractivity contribution is 0.238. The number of aliphatic hydroxyl groups excluding tert-OH is 1. The molecule has 0 bridgehead atoms. The Hall–Kier alpha value is -1.20. The molecule has 1 atom stereocenters. The minimum absolute atomic E-state index is 0.277. The highest BCUT2D eigenvalue weighted by Crippen LogP contribution is 2.30. The van der Waals surface area contributed by atoms with Gasteiger partial charge in [-0.3, -0.25) is 0 Å². The van der Waals surface area contributed by atoms with Gasteiger partial charge in [-0.25, -0.2) is 9.97 Å². The summed E-state index contributed by atoms with van der Waals surface area (Å²) in [4.78, 5) is 12.1. The summed E-state index contributed by atoms with van der Waals surface area (Å²) in [5.74, 6) is 0.403. The van der Waals surface area contributed by atoms with Gasteiger partial charge in [0.2, 0.25) is 0 Å². The number of aliphatic hydroxyl groups is 1. The van der Waals surface area contributed by atoms with Crippen molar-refractivity contribution in [1.82, 2.24) is 9.97 Å². The number of rotatable bonds is 2. The van der Waals surface area contributed by atoms with Gasteiger partial charge in [0.05, 0.1) is 0 Å². The number of aromatic nitrogens is 2. The normalized spacial score (nSPS) is 20.8. The summed E-state index contributed by atoms with van der Waals surface area (Å²) < 4.78 is 0. The van der Waals surface area contributed by atoms with Crippen LogP contribution >= 0.6 is 11.3 Å². The molecule has 3 heterocycles. The molecule has 1 aliphatic heterocycles. The van der Waals surface area contributed by atoms with Crippen molar-refractivity contribution in [2.45, 2.75) is 6.42 Å². The standard InChI is InChI=1S/C11H13N3OS/c15-7-8-3-5-14(6-8)11-13-9-2-1-4-12-10(9)16-11/h1-2,4,8,15H,3,5-7H2/t8-/m1/s1. The van der Waals surface area contributed by atoms with Gasteiger partial charge in [-0.2, -0.15) is 0 Å².